The quantitative estimate of drug-likeness (QED) is 0.781. The third kappa shape index (κ3) is 2.98. The van der Waals surface area contributed by atoms with E-state index in [2.05, 4.69) is 29.4 Å². The first-order chi connectivity index (χ1) is 8.26. The van der Waals surface area contributed by atoms with E-state index in [0.29, 0.717) is 5.92 Å². The lowest BCUT2D eigenvalue weighted by atomic mass is 9.79. The highest BCUT2D eigenvalue weighted by atomic mass is 32.1. The van der Waals surface area contributed by atoms with E-state index in [1.165, 1.54) is 32.1 Å². The number of hydrogen-bond acceptors (Lipinski definition) is 3. The molecule has 1 N–H and O–H groups in total. The topological polar surface area (TPSA) is 18.5 Å². The SMILES string of the molecule is CCN1C[C@H](C2CCCCC2)C(=S)N(CC)N1. The summed E-state index contributed by atoms with van der Waals surface area (Å²) in [6, 6.07) is 0. The molecule has 1 heterocycles. The monoisotopic (exact) mass is 255 g/mol. The van der Waals surface area contributed by atoms with Crippen LogP contribution in [0.15, 0.2) is 0 Å². The molecule has 0 amide bonds. The molecule has 2 fully saturated rings. The number of nitrogens with one attached hydrogen (secondary N) is 1. The van der Waals surface area contributed by atoms with E-state index < -0.39 is 0 Å². The lowest BCUT2D eigenvalue weighted by Crippen LogP contribution is -2.62. The number of hydrazine groups is 2. The van der Waals surface area contributed by atoms with E-state index in [1.54, 1.807) is 0 Å². The summed E-state index contributed by atoms with van der Waals surface area (Å²) in [6.45, 7) is 7.46. The molecule has 0 unspecified atom stereocenters. The zero-order chi connectivity index (χ0) is 12.3. The smallest absolute Gasteiger partial charge is 0.0981 e. The Labute approximate surface area is 110 Å². The molecule has 1 aliphatic heterocycles. The van der Waals surface area contributed by atoms with Gasteiger partial charge in [0.25, 0.3) is 0 Å². The highest BCUT2D eigenvalue weighted by Crippen LogP contribution is 2.33. The predicted molar refractivity (Wildman–Crippen MR) is 75.4 cm³/mol. The Hall–Kier alpha value is -0.190. The molecule has 17 heavy (non-hydrogen) atoms. The Morgan fingerprint density at radius 1 is 1.18 bits per heavy atom. The van der Waals surface area contributed by atoms with Crippen molar-refractivity contribution in [2.75, 3.05) is 19.6 Å². The Bertz CT molecular complexity index is 263. The van der Waals surface area contributed by atoms with Crippen LogP contribution in [0.25, 0.3) is 0 Å². The van der Waals surface area contributed by atoms with Crippen LogP contribution in [0.2, 0.25) is 0 Å². The summed E-state index contributed by atoms with van der Waals surface area (Å²) in [5.74, 6) is 1.41. The minimum Gasteiger partial charge on any atom is -0.288 e. The van der Waals surface area contributed by atoms with Crippen LogP contribution in [0, 0.1) is 11.8 Å². The van der Waals surface area contributed by atoms with Gasteiger partial charge in [0.15, 0.2) is 0 Å². The third-order valence-corrected chi connectivity index (χ3v) is 4.70. The Balaban J connectivity index is 2.04. The van der Waals surface area contributed by atoms with Crippen LogP contribution in [0.1, 0.15) is 46.0 Å². The van der Waals surface area contributed by atoms with Crippen molar-refractivity contribution >= 4 is 17.2 Å². The summed E-state index contributed by atoms with van der Waals surface area (Å²) in [5, 5.41) is 4.46. The van der Waals surface area contributed by atoms with Gasteiger partial charge in [0.2, 0.25) is 0 Å². The van der Waals surface area contributed by atoms with Crippen molar-refractivity contribution in [3.63, 3.8) is 0 Å². The highest BCUT2D eigenvalue weighted by Gasteiger charge is 2.34. The lowest BCUT2D eigenvalue weighted by Gasteiger charge is -2.44. The molecule has 0 bridgehead atoms. The zero-order valence-corrected chi connectivity index (χ0v) is 11.9. The molecular formula is C13H25N3S. The van der Waals surface area contributed by atoms with Gasteiger partial charge in [-0.15, -0.1) is 0 Å². The minimum absolute atomic E-state index is 0.589. The maximum absolute atomic E-state index is 5.67. The van der Waals surface area contributed by atoms with Crippen LogP contribution in [0.4, 0.5) is 0 Å². The molecule has 4 heteroatoms. The second kappa shape index (κ2) is 6.12. The summed E-state index contributed by atoms with van der Waals surface area (Å²) >= 11 is 5.67. The van der Waals surface area contributed by atoms with Crippen molar-refractivity contribution in [3.05, 3.63) is 0 Å². The first-order valence-electron chi connectivity index (χ1n) is 7.08. The van der Waals surface area contributed by atoms with Gasteiger partial charge in [-0.05, 0) is 25.7 Å². The van der Waals surface area contributed by atoms with Gasteiger partial charge in [0, 0.05) is 25.6 Å². The molecule has 1 aliphatic carbocycles. The van der Waals surface area contributed by atoms with Gasteiger partial charge in [-0.25, -0.2) is 5.01 Å². The van der Waals surface area contributed by atoms with Gasteiger partial charge in [0.1, 0.15) is 0 Å². The summed E-state index contributed by atoms with van der Waals surface area (Å²) in [4.78, 5) is 1.14. The first kappa shape index (κ1) is 13.2. The molecule has 3 nitrogen and oxygen atoms in total. The highest BCUT2D eigenvalue weighted by molar-refractivity contribution is 7.80. The van der Waals surface area contributed by atoms with Crippen molar-refractivity contribution in [2.24, 2.45) is 11.8 Å². The van der Waals surface area contributed by atoms with Crippen LogP contribution in [-0.2, 0) is 0 Å². The Morgan fingerprint density at radius 2 is 1.88 bits per heavy atom. The fraction of sp³-hybridized carbons (Fsp3) is 0.923. The largest absolute Gasteiger partial charge is 0.288 e. The van der Waals surface area contributed by atoms with E-state index in [9.17, 15) is 0 Å². The van der Waals surface area contributed by atoms with Crippen molar-refractivity contribution in [1.29, 1.82) is 0 Å². The van der Waals surface area contributed by atoms with E-state index >= 15 is 0 Å². The van der Waals surface area contributed by atoms with Crippen LogP contribution in [-0.4, -0.2) is 34.6 Å². The maximum Gasteiger partial charge on any atom is 0.0981 e. The van der Waals surface area contributed by atoms with E-state index in [0.717, 1.165) is 30.5 Å². The number of nitrogens with zero attached hydrogens (tertiary/aromatic N) is 2. The maximum atomic E-state index is 5.67. The normalized spacial score (nSPS) is 28.7. The number of rotatable bonds is 3. The standard InChI is InChI=1S/C13H25N3S/c1-3-15-10-12(11-8-6-5-7-9-11)13(17)16(4-2)14-15/h11-12,14H,3-10H2,1-2H3/t12-/m1/s1. The lowest BCUT2D eigenvalue weighted by molar-refractivity contribution is 0.0285. The molecule has 0 aromatic heterocycles. The summed E-state index contributed by atoms with van der Waals surface area (Å²) in [5.41, 5.74) is 3.40. The van der Waals surface area contributed by atoms with Crippen molar-refractivity contribution in [2.45, 2.75) is 46.0 Å². The molecule has 1 saturated carbocycles. The third-order valence-electron chi connectivity index (χ3n) is 4.18. The molecule has 1 atom stereocenters. The van der Waals surface area contributed by atoms with Crippen LogP contribution in [0.5, 0.6) is 0 Å². The molecule has 98 valence electrons. The van der Waals surface area contributed by atoms with E-state index in [-0.39, 0.29) is 0 Å². The molecule has 0 spiro atoms. The van der Waals surface area contributed by atoms with Gasteiger partial charge in [-0.2, -0.15) is 5.53 Å². The predicted octanol–water partition coefficient (Wildman–Crippen LogP) is 2.59. The Kier molecular flexibility index (Phi) is 4.77. The van der Waals surface area contributed by atoms with Crippen LogP contribution >= 0.6 is 12.2 Å². The van der Waals surface area contributed by atoms with Crippen LogP contribution in [0.3, 0.4) is 0 Å². The van der Waals surface area contributed by atoms with Gasteiger partial charge in [-0.1, -0.05) is 38.4 Å². The van der Waals surface area contributed by atoms with E-state index in [4.69, 9.17) is 12.2 Å². The first-order valence-corrected chi connectivity index (χ1v) is 7.49. The molecule has 2 rings (SSSR count). The van der Waals surface area contributed by atoms with Crippen LogP contribution < -0.4 is 5.53 Å². The minimum atomic E-state index is 0.589. The summed E-state index contributed by atoms with van der Waals surface area (Å²) in [6.07, 6.45) is 6.97. The molecule has 1 saturated heterocycles. The molecular weight excluding hydrogens is 230 g/mol. The average Bonchev–Trinajstić information content (AvgIpc) is 2.40. The van der Waals surface area contributed by atoms with Crippen molar-refractivity contribution in [3.8, 4) is 0 Å². The van der Waals surface area contributed by atoms with Gasteiger partial charge in [0.05, 0.1) is 4.99 Å². The fourth-order valence-electron chi connectivity index (χ4n) is 3.09. The zero-order valence-electron chi connectivity index (χ0n) is 11.1. The second-order valence-electron chi connectivity index (χ2n) is 5.23. The molecule has 0 aromatic carbocycles. The van der Waals surface area contributed by atoms with Gasteiger partial charge >= 0.3 is 0 Å². The molecule has 2 aliphatic rings. The number of thiocarbonyl (C=S) groups is 1. The Morgan fingerprint density at radius 3 is 2.47 bits per heavy atom. The van der Waals surface area contributed by atoms with Gasteiger partial charge < -0.3 is 0 Å². The average molecular weight is 255 g/mol. The molecule has 0 aromatic rings. The van der Waals surface area contributed by atoms with Crippen molar-refractivity contribution < 1.29 is 0 Å². The van der Waals surface area contributed by atoms with Crippen molar-refractivity contribution in [1.82, 2.24) is 15.6 Å². The summed E-state index contributed by atoms with van der Waals surface area (Å²) < 4.78 is 0. The summed E-state index contributed by atoms with van der Waals surface area (Å²) in [7, 11) is 0. The van der Waals surface area contributed by atoms with E-state index in [1.807, 2.05) is 0 Å². The fourth-order valence-corrected chi connectivity index (χ4v) is 3.53. The second-order valence-corrected chi connectivity index (χ2v) is 5.64. The molecule has 0 radical (unpaired) electrons. The number of hydrogen-bond donors (Lipinski definition) is 1. The van der Waals surface area contributed by atoms with Gasteiger partial charge in [-0.3, -0.25) is 5.01 Å².